The minimum absolute atomic E-state index is 0.167. The number of methoxy groups -OCH3 is 1. The molecule has 0 atom stereocenters. The largest absolute Gasteiger partial charge is 0.496 e. The van der Waals surface area contributed by atoms with Crippen molar-refractivity contribution < 1.29 is 13.9 Å². The number of para-hydroxylation sites is 1. The highest BCUT2D eigenvalue weighted by Crippen LogP contribution is 2.28. The van der Waals surface area contributed by atoms with Gasteiger partial charge in [-0.3, -0.25) is 4.79 Å². The second-order valence-corrected chi connectivity index (χ2v) is 6.19. The summed E-state index contributed by atoms with van der Waals surface area (Å²) in [4.78, 5) is 12.4. The third-order valence-electron chi connectivity index (χ3n) is 3.60. The molecule has 0 aliphatic rings. The number of nitrogens with one attached hydrogen (secondary N) is 1. The predicted octanol–water partition coefficient (Wildman–Crippen LogP) is 4.08. The maximum absolute atomic E-state index is 13.2. The van der Waals surface area contributed by atoms with Gasteiger partial charge in [0.2, 0.25) is 5.91 Å². The van der Waals surface area contributed by atoms with Crippen molar-refractivity contribution >= 4 is 17.5 Å². The lowest BCUT2D eigenvalue weighted by Crippen LogP contribution is -2.42. The summed E-state index contributed by atoms with van der Waals surface area (Å²) in [5, 5.41) is 3.22. The second-order valence-electron chi connectivity index (χ2n) is 5.79. The number of hydrogen-bond donors (Lipinski definition) is 1. The van der Waals surface area contributed by atoms with Gasteiger partial charge in [0.15, 0.2) is 0 Å². The van der Waals surface area contributed by atoms with Crippen molar-refractivity contribution in [2.24, 2.45) is 0 Å². The van der Waals surface area contributed by atoms with E-state index in [0.29, 0.717) is 11.3 Å². The number of halogens is 2. The van der Waals surface area contributed by atoms with Crippen molar-refractivity contribution in [3.05, 3.63) is 64.4 Å². The Morgan fingerprint density at radius 2 is 1.96 bits per heavy atom. The summed E-state index contributed by atoms with van der Waals surface area (Å²) in [5.41, 5.74) is 0.742. The number of carbonyl (C=O) groups is 1. The Morgan fingerprint density at radius 1 is 1.26 bits per heavy atom. The van der Waals surface area contributed by atoms with E-state index in [2.05, 4.69) is 5.32 Å². The SMILES string of the molecule is COc1ccccc1CC(=O)NC(C)(C)c1ccc(F)cc1Cl. The van der Waals surface area contributed by atoms with Gasteiger partial charge in [0.05, 0.1) is 19.1 Å². The van der Waals surface area contributed by atoms with Crippen molar-refractivity contribution in [3.8, 4) is 5.75 Å². The summed E-state index contributed by atoms with van der Waals surface area (Å²) in [7, 11) is 1.57. The minimum atomic E-state index is -0.718. The predicted molar refractivity (Wildman–Crippen MR) is 89.3 cm³/mol. The van der Waals surface area contributed by atoms with Gasteiger partial charge in [0, 0.05) is 10.6 Å². The first-order valence-corrected chi connectivity index (χ1v) is 7.59. The molecule has 1 amide bonds. The minimum Gasteiger partial charge on any atom is -0.496 e. The number of carbonyl (C=O) groups excluding carboxylic acids is 1. The van der Waals surface area contributed by atoms with Crippen LogP contribution in [0, 0.1) is 5.82 Å². The molecular formula is C18H19ClFNO2. The zero-order chi connectivity index (χ0) is 17.0. The van der Waals surface area contributed by atoms with Gasteiger partial charge in [-0.15, -0.1) is 0 Å². The van der Waals surface area contributed by atoms with Crippen LogP contribution in [-0.4, -0.2) is 13.0 Å². The third kappa shape index (κ3) is 4.23. The van der Waals surface area contributed by atoms with Gasteiger partial charge in [-0.1, -0.05) is 35.9 Å². The molecule has 0 bridgehead atoms. The molecule has 2 aromatic rings. The summed E-state index contributed by atoms with van der Waals surface area (Å²) in [6.45, 7) is 3.65. The Balaban J connectivity index is 2.15. The van der Waals surface area contributed by atoms with E-state index < -0.39 is 11.4 Å². The first-order valence-electron chi connectivity index (χ1n) is 7.22. The fourth-order valence-corrected chi connectivity index (χ4v) is 2.88. The van der Waals surface area contributed by atoms with Gasteiger partial charge in [-0.2, -0.15) is 0 Å². The summed E-state index contributed by atoms with van der Waals surface area (Å²) >= 11 is 6.09. The van der Waals surface area contributed by atoms with E-state index in [9.17, 15) is 9.18 Å². The van der Waals surface area contributed by atoms with Gasteiger partial charge in [0.1, 0.15) is 11.6 Å². The maximum Gasteiger partial charge on any atom is 0.225 e. The molecular weight excluding hydrogens is 317 g/mol. The van der Waals surface area contributed by atoms with Gasteiger partial charge in [-0.25, -0.2) is 4.39 Å². The summed E-state index contributed by atoms with van der Waals surface area (Å²) in [6.07, 6.45) is 0.187. The first kappa shape index (κ1) is 17.3. The lowest BCUT2D eigenvalue weighted by molar-refractivity contribution is -0.122. The molecule has 0 radical (unpaired) electrons. The molecule has 2 rings (SSSR count). The maximum atomic E-state index is 13.2. The van der Waals surface area contributed by atoms with Crippen LogP contribution >= 0.6 is 11.6 Å². The van der Waals surface area contributed by atoms with Crippen LogP contribution in [0.5, 0.6) is 5.75 Å². The van der Waals surface area contributed by atoms with Crippen molar-refractivity contribution in [3.63, 3.8) is 0 Å². The van der Waals surface area contributed by atoms with E-state index in [1.807, 2.05) is 38.1 Å². The smallest absolute Gasteiger partial charge is 0.225 e. The molecule has 23 heavy (non-hydrogen) atoms. The van der Waals surface area contributed by atoms with E-state index in [4.69, 9.17) is 16.3 Å². The van der Waals surface area contributed by atoms with Crippen LogP contribution in [0.2, 0.25) is 5.02 Å². The summed E-state index contributed by atoms with van der Waals surface area (Å²) in [5.74, 6) is 0.0926. The average Bonchev–Trinajstić information content (AvgIpc) is 2.46. The molecule has 0 heterocycles. The Kier molecular flexibility index (Phi) is 5.26. The van der Waals surface area contributed by atoms with Crippen LogP contribution in [-0.2, 0) is 16.8 Å². The van der Waals surface area contributed by atoms with Crippen LogP contribution < -0.4 is 10.1 Å². The molecule has 1 N–H and O–H groups in total. The van der Waals surface area contributed by atoms with Crippen molar-refractivity contribution in [1.29, 1.82) is 0 Å². The number of rotatable bonds is 5. The first-order chi connectivity index (χ1) is 10.8. The molecule has 3 nitrogen and oxygen atoms in total. The monoisotopic (exact) mass is 335 g/mol. The van der Waals surface area contributed by atoms with E-state index in [1.165, 1.54) is 12.1 Å². The van der Waals surface area contributed by atoms with Gasteiger partial charge < -0.3 is 10.1 Å². The van der Waals surface area contributed by atoms with Crippen molar-refractivity contribution in [1.82, 2.24) is 5.32 Å². The number of hydrogen-bond acceptors (Lipinski definition) is 2. The lowest BCUT2D eigenvalue weighted by Gasteiger charge is -2.28. The van der Waals surface area contributed by atoms with E-state index in [0.717, 1.165) is 5.56 Å². The molecule has 0 saturated carbocycles. The molecule has 0 unspecified atom stereocenters. The van der Waals surface area contributed by atoms with Crippen LogP contribution in [0.4, 0.5) is 4.39 Å². The molecule has 0 aromatic heterocycles. The summed E-state index contributed by atoms with van der Waals surface area (Å²) < 4.78 is 18.4. The Hall–Kier alpha value is -2.07. The van der Waals surface area contributed by atoms with Crippen LogP contribution in [0.1, 0.15) is 25.0 Å². The summed E-state index contributed by atoms with van der Waals surface area (Å²) in [6, 6.07) is 11.5. The van der Waals surface area contributed by atoms with E-state index >= 15 is 0 Å². The van der Waals surface area contributed by atoms with Crippen LogP contribution in [0.25, 0.3) is 0 Å². The zero-order valence-electron chi connectivity index (χ0n) is 13.3. The Morgan fingerprint density at radius 3 is 2.61 bits per heavy atom. The standard InChI is InChI=1S/C18H19ClFNO2/c1-18(2,14-9-8-13(20)11-15(14)19)21-17(22)10-12-6-4-5-7-16(12)23-3/h4-9,11H,10H2,1-3H3,(H,21,22). The van der Waals surface area contributed by atoms with Crippen LogP contribution in [0.3, 0.4) is 0 Å². The highest BCUT2D eigenvalue weighted by Gasteiger charge is 2.25. The highest BCUT2D eigenvalue weighted by atomic mass is 35.5. The Labute approximate surface area is 140 Å². The normalized spacial score (nSPS) is 11.2. The highest BCUT2D eigenvalue weighted by molar-refractivity contribution is 6.31. The van der Waals surface area contributed by atoms with Gasteiger partial charge in [0.25, 0.3) is 0 Å². The number of amides is 1. The lowest BCUT2D eigenvalue weighted by atomic mass is 9.93. The van der Waals surface area contributed by atoms with Crippen LogP contribution in [0.15, 0.2) is 42.5 Å². The van der Waals surface area contributed by atoms with E-state index in [-0.39, 0.29) is 17.4 Å². The van der Waals surface area contributed by atoms with Crippen molar-refractivity contribution in [2.75, 3.05) is 7.11 Å². The average molecular weight is 336 g/mol. The van der Waals surface area contributed by atoms with Gasteiger partial charge >= 0.3 is 0 Å². The molecule has 5 heteroatoms. The molecule has 0 aliphatic carbocycles. The number of ether oxygens (including phenoxy) is 1. The van der Waals surface area contributed by atoms with Gasteiger partial charge in [-0.05, 0) is 37.6 Å². The topological polar surface area (TPSA) is 38.3 Å². The Bertz CT molecular complexity index is 716. The molecule has 2 aromatic carbocycles. The second kappa shape index (κ2) is 7.01. The molecule has 0 saturated heterocycles. The zero-order valence-corrected chi connectivity index (χ0v) is 14.1. The quantitative estimate of drug-likeness (QED) is 0.894. The fourth-order valence-electron chi connectivity index (χ4n) is 2.48. The third-order valence-corrected chi connectivity index (χ3v) is 3.91. The molecule has 0 fully saturated rings. The van der Waals surface area contributed by atoms with E-state index in [1.54, 1.807) is 13.2 Å². The molecule has 122 valence electrons. The fraction of sp³-hybridized carbons (Fsp3) is 0.278. The number of benzene rings is 2. The molecule has 0 spiro atoms. The van der Waals surface area contributed by atoms with Crippen molar-refractivity contribution in [2.45, 2.75) is 25.8 Å². The molecule has 0 aliphatic heterocycles.